The monoisotopic (exact) mass is 566 g/mol. The van der Waals surface area contributed by atoms with Gasteiger partial charge in [-0.1, -0.05) is 41.8 Å². The Bertz CT molecular complexity index is 1270. The highest BCUT2D eigenvalue weighted by Gasteiger charge is 2.42. The van der Waals surface area contributed by atoms with Gasteiger partial charge in [0.2, 0.25) is 0 Å². The maximum Gasteiger partial charge on any atom is 0.127 e. The van der Waals surface area contributed by atoms with Gasteiger partial charge in [0.05, 0.1) is 25.0 Å². The molecule has 2 heterocycles. The molecule has 5 rings (SSSR count). The molecule has 7 heteroatoms. The molecule has 0 saturated heterocycles. The molecule has 1 aromatic carbocycles. The summed E-state index contributed by atoms with van der Waals surface area (Å²) in [6.45, 7) is 7.01. The Kier molecular flexibility index (Phi) is 7.82. The number of methoxy groups -OCH3 is 1. The van der Waals surface area contributed by atoms with E-state index in [1.165, 1.54) is 33.0 Å². The number of nitrogens with zero attached hydrogens (tertiary/aromatic N) is 3. The SMILES string of the molecule is CCCCc1nc2c(n1CCCCN)C1=C(CCC(Br)=C1)C(C)CC1=C2N1Cc1ccc(O)cc1OC. The fraction of sp³-hybridized carbons (Fsp3) is 0.500. The predicted molar refractivity (Wildman–Crippen MR) is 153 cm³/mol. The number of hydrogen-bond acceptors (Lipinski definition) is 5. The second kappa shape index (κ2) is 11.1. The molecule has 2 aliphatic carbocycles. The first-order chi connectivity index (χ1) is 18.0. The quantitative estimate of drug-likeness (QED) is 0.312. The summed E-state index contributed by atoms with van der Waals surface area (Å²) in [6.07, 6.45) is 10.9. The minimum absolute atomic E-state index is 0.222. The van der Waals surface area contributed by atoms with Crippen molar-refractivity contribution in [2.75, 3.05) is 13.7 Å². The molecule has 0 spiro atoms. The first kappa shape index (κ1) is 26.1. The Hall–Kier alpha value is -2.51. The number of allylic oxidation sites excluding steroid dienone is 5. The number of rotatable bonds is 10. The highest BCUT2D eigenvalue weighted by Crippen LogP contribution is 2.53. The van der Waals surface area contributed by atoms with E-state index in [-0.39, 0.29) is 5.75 Å². The van der Waals surface area contributed by atoms with Crippen LogP contribution in [-0.4, -0.2) is 33.2 Å². The zero-order valence-electron chi connectivity index (χ0n) is 22.3. The molecule has 0 bridgehead atoms. The van der Waals surface area contributed by atoms with E-state index in [2.05, 4.69) is 45.3 Å². The molecule has 0 radical (unpaired) electrons. The van der Waals surface area contributed by atoms with Crippen LogP contribution in [0, 0.1) is 5.92 Å². The second-order valence-corrected chi connectivity index (χ2v) is 11.5. The lowest BCUT2D eigenvalue weighted by atomic mass is 9.83. The van der Waals surface area contributed by atoms with E-state index in [0.717, 1.165) is 82.3 Å². The Morgan fingerprint density at radius 1 is 1.22 bits per heavy atom. The molecule has 1 aliphatic heterocycles. The summed E-state index contributed by atoms with van der Waals surface area (Å²) in [4.78, 5) is 7.78. The lowest BCUT2D eigenvalue weighted by Crippen LogP contribution is -2.13. The van der Waals surface area contributed by atoms with Gasteiger partial charge >= 0.3 is 0 Å². The number of unbranched alkanes of at least 4 members (excludes halogenated alkanes) is 2. The predicted octanol–water partition coefficient (Wildman–Crippen LogP) is 6.73. The van der Waals surface area contributed by atoms with Gasteiger partial charge in [0, 0.05) is 35.9 Å². The van der Waals surface area contributed by atoms with Crippen molar-refractivity contribution in [1.29, 1.82) is 0 Å². The molecule has 0 amide bonds. The number of aromatic hydroxyl groups is 1. The summed E-state index contributed by atoms with van der Waals surface area (Å²) in [7, 11) is 1.66. The van der Waals surface area contributed by atoms with Crippen molar-refractivity contribution in [2.45, 2.75) is 78.3 Å². The average Bonchev–Trinajstić information content (AvgIpc) is 3.41. The number of halogens is 1. The van der Waals surface area contributed by atoms with Crippen LogP contribution in [-0.2, 0) is 19.5 Å². The van der Waals surface area contributed by atoms with E-state index < -0.39 is 0 Å². The average molecular weight is 568 g/mol. The first-order valence-electron chi connectivity index (χ1n) is 13.7. The van der Waals surface area contributed by atoms with Crippen molar-refractivity contribution in [2.24, 2.45) is 11.7 Å². The second-order valence-electron chi connectivity index (χ2n) is 10.5. The van der Waals surface area contributed by atoms with Gasteiger partial charge in [0.15, 0.2) is 0 Å². The van der Waals surface area contributed by atoms with Crippen LogP contribution in [0.2, 0.25) is 0 Å². The number of hydrogen-bond donors (Lipinski definition) is 2. The third-order valence-corrected chi connectivity index (χ3v) is 8.53. The van der Waals surface area contributed by atoms with Gasteiger partial charge in [0.25, 0.3) is 0 Å². The minimum atomic E-state index is 0.222. The number of aryl methyl sites for hydroxylation is 1. The van der Waals surface area contributed by atoms with Gasteiger partial charge in [-0.3, -0.25) is 0 Å². The third-order valence-electron chi connectivity index (χ3n) is 7.91. The lowest BCUT2D eigenvalue weighted by molar-refractivity contribution is 0.396. The van der Waals surface area contributed by atoms with Gasteiger partial charge in [-0.25, -0.2) is 4.98 Å². The van der Waals surface area contributed by atoms with Crippen LogP contribution < -0.4 is 10.5 Å². The molecule has 1 aromatic heterocycles. The summed E-state index contributed by atoms with van der Waals surface area (Å²) in [5, 5.41) is 9.96. The summed E-state index contributed by atoms with van der Waals surface area (Å²) in [5.41, 5.74) is 14.9. The van der Waals surface area contributed by atoms with E-state index in [9.17, 15) is 5.11 Å². The summed E-state index contributed by atoms with van der Waals surface area (Å²) in [6, 6.07) is 5.40. The number of nitrogens with two attached hydrogens (primary N) is 1. The highest BCUT2D eigenvalue weighted by molar-refractivity contribution is 9.11. The molecular weight excluding hydrogens is 528 g/mol. The zero-order valence-corrected chi connectivity index (χ0v) is 23.9. The summed E-state index contributed by atoms with van der Waals surface area (Å²) >= 11 is 3.83. The topological polar surface area (TPSA) is 76.3 Å². The van der Waals surface area contributed by atoms with Gasteiger partial charge in [0.1, 0.15) is 23.0 Å². The number of phenolic OH excluding ortho intramolecular Hbond substituents is 1. The zero-order chi connectivity index (χ0) is 26.1. The van der Waals surface area contributed by atoms with Crippen molar-refractivity contribution in [1.82, 2.24) is 14.5 Å². The smallest absolute Gasteiger partial charge is 0.127 e. The fourth-order valence-corrected chi connectivity index (χ4v) is 6.32. The van der Waals surface area contributed by atoms with Crippen LogP contribution in [0.15, 0.2) is 40.0 Å². The largest absolute Gasteiger partial charge is 0.508 e. The van der Waals surface area contributed by atoms with Gasteiger partial charge in [-0.05, 0) is 73.7 Å². The van der Waals surface area contributed by atoms with Crippen LogP contribution in [0.25, 0.3) is 11.3 Å². The van der Waals surface area contributed by atoms with Crippen LogP contribution in [0.5, 0.6) is 11.5 Å². The molecular formula is C30H39BrN4O2. The molecule has 3 aliphatic rings. The number of benzene rings is 1. The molecule has 0 fully saturated rings. The Balaban J connectivity index is 1.61. The maximum absolute atomic E-state index is 9.96. The first-order valence-corrected chi connectivity index (χ1v) is 14.5. The normalized spacial score (nSPS) is 18.7. The van der Waals surface area contributed by atoms with Crippen LogP contribution in [0.1, 0.15) is 81.6 Å². The molecule has 198 valence electrons. The van der Waals surface area contributed by atoms with Crippen LogP contribution in [0.4, 0.5) is 0 Å². The van der Waals surface area contributed by atoms with Gasteiger partial charge in [-0.15, -0.1) is 0 Å². The molecule has 0 saturated carbocycles. The van der Waals surface area contributed by atoms with Crippen LogP contribution in [0.3, 0.4) is 0 Å². The molecule has 1 atom stereocenters. The van der Waals surface area contributed by atoms with E-state index >= 15 is 0 Å². The Morgan fingerprint density at radius 2 is 2.05 bits per heavy atom. The highest BCUT2D eigenvalue weighted by atomic mass is 79.9. The molecule has 1 unspecified atom stereocenters. The van der Waals surface area contributed by atoms with Crippen molar-refractivity contribution >= 4 is 27.2 Å². The number of fused-ring (bicyclic) bond motifs is 3. The molecule has 37 heavy (non-hydrogen) atoms. The van der Waals surface area contributed by atoms with E-state index in [1.54, 1.807) is 24.8 Å². The van der Waals surface area contributed by atoms with Crippen molar-refractivity contribution in [3.05, 3.63) is 62.8 Å². The summed E-state index contributed by atoms with van der Waals surface area (Å²) in [5.74, 6) is 2.60. The Labute approximate surface area is 229 Å². The number of ether oxygens (including phenoxy) is 1. The number of phenols is 1. The third kappa shape index (κ3) is 5.13. The van der Waals surface area contributed by atoms with E-state index in [4.69, 9.17) is 15.5 Å². The fourth-order valence-electron chi connectivity index (χ4n) is 5.89. The van der Waals surface area contributed by atoms with Gasteiger partial charge in [-0.2, -0.15) is 0 Å². The maximum atomic E-state index is 9.96. The standard InChI is InChI=1S/C30H39BrN4O2/c1-4-5-8-27-33-28-29(34(27)14-7-6-13-32)24-16-21(31)10-12-23(24)19(2)15-25-30(28)35(25)18-20-9-11-22(36)17-26(20)37-3/h9,11,16-17,19,36H,4-8,10,12-15,18,32H2,1-3H3. The van der Waals surface area contributed by atoms with E-state index in [0.29, 0.717) is 11.7 Å². The van der Waals surface area contributed by atoms with Crippen molar-refractivity contribution < 1.29 is 9.84 Å². The van der Waals surface area contributed by atoms with Crippen molar-refractivity contribution in [3.63, 3.8) is 0 Å². The van der Waals surface area contributed by atoms with E-state index in [1.807, 2.05) is 6.07 Å². The lowest BCUT2D eigenvalue weighted by Gasteiger charge is -2.25. The number of imidazole rings is 1. The minimum Gasteiger partial charge on any atom is -0.508 e. The molecule has 6 nitrogen and oxygen atoms in total. The molecule has 3 N–H and O–H groups in total. The van der Waals surface area contributed by atoms with Crippen molar-refractivity contribution in [3.8, 4) is 11.5 Å². The molecule has 2 aromatic rings. The van der Waals surface area contributed by atoms with Crippen LogP contribution >= 0.6 is 15.9 Å². The van der Waals surface area contributed by atoms with Gasteiger partial charge < -0.3 is 25.0 Å². The Morgan fingerprint density at radius 3 is 2.81 bits per heavy atom. The number of aromatic nitrogens is 2. The summed E-state index contributed by atoms with van der Waals surface area (Å²) < 4.78 is 9.38.